The summed E-state index contributed by atoms with van der Waals surface area (Å²) in [6.45, 7) is 0.521. The van der Waals surface area contributed by atoms with Crippen molar-refractivity contribution in [1.82, 2.24) is 0 Å². The normalized spacial score (nSPS) is 30.5. The lowest BCUT2D eigenvalue weighted by molar-refractivity contribution is -0.157. The molecule has 1 saturated heterocycles. The van der Waals surface area contributed by atoms with Gasteiger partial charge in [-0.15, -0.1) is 0 Å². The topological polar surface area (TPSA) is 90.5 Å². The van der Waals surface area contributed by atoms with Gasteiger partial charge in [0, 0.05) is 6.61 Å². The average molecular weight is 185 g/mol. The van der Waals surface area contributed by atoms with Crippen molar-refractivity contribution < 1.29 is 19.7 Å². The number of ether oxygens (including phenoxy) is 1. The highest BCUT2D eigenvalue weighted by atomic mass is 16.5. The van der Waals surface area contributed by atoms with E-state index in [1.807, 2.05) is 6.07 Å². The minimum absolute atomic E-state index is 0.00301. The molecule has 13 heavy (non-hydrogen) atoms. The Morgan fingerprint density at radius 1 is 1.69 bits per heavy atom. The molecule has 1 aliphatic heterocycles. The van der Waals surface area contributed by atoms with Crippen LogP contribution in [0.25, 0.3) is 0 Å². The third-order valence-corrected chi connectivity index (χ3v) is 2.25. The zero-order chi connectivity index (χ0) is 9.90. The van der Waals surface area contributed by atoms with E-state index in [1.54, 1.807) is 0 Å². The van der Waals surface area contributed by atoms with Gasteiger partial charge in [0.2, 0.25) is 0 Å². The zero-order valence-corrected chi connectivity index (χ0v) is 7.06. The van der Waals surface area contributed by atoms with E-state index in [0.29, 0.717) is 19.4 Å². The van der Waals surface area contributed by atoms with Gasteiger partial charge in [-0.2, -0.15) is 5.26 Å². The number of aliphatic hydroxyl groups is 1. The second-order valence-electron chi connectivity index (χ2n) is 3.16. The lowest BCUT2D eigenvalue weighted by Gasteiger charge is -2.32. The van der Waals surface area contributed by atoms with E-state index in [1.165, 1.54) is 0 Å². The molecule has 0 radical (unpaired) electrons. The maximum atomic E-state index is 10.5. The molecule has 2 unspecified atom stereocenters. The second kappa shape index (κ2) is 3.73. The smallest absolute Gasteiger partial charge is 0.334 e. The molecule has 0 saturated carbocycles. The van der Waals surface area contributed by atoms with Crippen LogP contribution in [0.4, 0.5) is 0 Å². The number of carbonyl (C=O) groups is 1. The van der Waals surface area contributed by atoms with Crippen LogP contribution in [-0.4, -0.2) is 35.5 Å². The lowest BCUT2D eigenvalue weighted by Crippen LogP contribution is -2.45. The lowest BCUT2D eigenvalue weighted by atomic mass is 9.79. The predicted molar refractivity (Wildman–Crippen MR) is 41.7 cm³/mol. The number of nitriles is 1. The summed E-state index contributed by atoms with van der Waals surface area (Å²) >= 11 is 0. The molecule has 1 rings (SSSR count). The first-order valence-electron chi connectivity index (χ1n) is 4.02. The Balaban J connectivity index is 2.80. The molecular formula is C8H11NO4. The molecule has 0 aromatic rings. The average Bonchev–Trinajstić information content (AvgIpc) is 2.17. The molecule has 72 valence electrons. The standard InChI is InChI=1S/C8H11NO4/c9-4-8(6(10)7(11)12)2-1-3-13-5-8/h6,10H,1-3,5H2,(H,11,12). The van der Waals surface area contributed by atoms with Crippen LogP contribution in [0.1, 0.15) is 12.8 Å². The SMILES string of the molecule is N#CC1(C(O)C(=O)O)CCCOC1. The summed E-state index contributed by atoms with van der Waals surface area (Å²) in [5.41, 5.74) is -1.26. The van der Waals surface area contributed by atoms with Crippen LogP contribution in [0.15, 0.2) is 0 Å². The van der Waals surface area contributed by atoms with Crippen molar-refractivity contribution in [3.05, 3.63) is 0 Å². The first-order valence-corrected chi connectivity index (χ1v) is 4.02. The molecule has 0 aromatic heterocycles. The van der Waals surface area contributed by atoms with Gasteiger partial charge in [0.15, 0.2) is 6.10 Å². The second-order valence-corrected chi connectivity index (χ2v) is 3.16. The van der Waals surface area contributed by atoms with E-state index in [2.05, 4.69) is 0 Å². The number of hydrogen-bond acceptors (Lipinski definition) is 4. The van der Waals surface area contributed by atoms with Crippen molar-refractivity contribution >= 4 is 5.97 Å². The highest BCUT2D eigenvalue weighted by molar-refractivity contribution is 5.73. The van der Waals surface area contributed by atoms with E-state index >= 15 is 0 Å². The Morgan fingerprint density at radius 3 is 2.77 bits per heavy atom. The van der Waals surface area contributed by atoms with Crippen LogP contribution >= 0.6 is 0 Å². The molecule has 1 fully saturated rings. The van der Waals surface area contributed by atoms with Crippen LogP contribution < -0.4 is 0 Å². The molecule has 2 N–H and O–H groups in total. The van der Waals surface area contributed by atoms with E-state index < -0.39 is 17.5 Å². The number of nitrogens with zero attached hydrogens (tertiary/aromatic N) is 1. The highest BCUT2D eigenvalue weighted by Crippen LogP contribution is 2.31. The summed E-state index contributed by atoms with van der Waals surface area (Å²) < 4.78 is 5.00. The number of carboxylic acid groups (broad SMARTS) is 1. The fourth-order valence-corrected chi connectivity index (χ4v) is 1.42. The van der Waals surface area contributed by atoms with Gasteiger partial charge < -0.3 is 14.9 Å². The van der Waals surface area contributed by atoms with E-state index in [4.69, 9.17) is 15.1 Å². The van der Waals surface area contributed by atoms with Crippen LogP contribution in [0.5, 0.6) is 0 Å². The molecule has 0 aromatic carbocycles. The number of aliphatic hydroxyl groups excluding tert-OH is 1. The van der Waals surface area contributed by atoms with Crippen molar-refractivity contribution in [2.45, 2.75) is 18.9 Å². The van der Waals surface area contributed by atoms with E-state index in [-0.39, 0.29) is 6.61 Å². The van der Waals surface area contributed by atoms with E-state index in [9.17, 15) is 9.90 Å². The monoisotopic (exact) mass is 185 g/mol. The van der Waals surface area contributed by atoms with E-state index in [0.717, 1.165) is 0 Å². The third kappa shape index (κ3) is 1.79. The molecule has 0 amide bonds. The van der Waals surface area contributed by atoms with Gasteiger partial charge >= 0.3 is 5.97 Å². The Hall–Kier alpha value is -1.12. The van der Waals surface area contributed by atoms with Crippen LogP contribution in [0, 0.1) is 16.7 Å². The van der Waals surface area contributed by atoms with Gasteiger partial charge in [-0.05, 0) is 12.8 Å². The minimum atomic E-state index is -1.65. The summed E-state index contributed by atoms with van der Waals surface area (Å²) in [4.78, 5) is 10.5. The quantitative estimate of drug-likeness (QED) is 0.619. The van der Waals surface area contributed by atoms with Gasteiger partial charge in [0.05, 0.1) is 12.7 Å². The molecule has 5 nitrogen and oxygen atoms in total. The summed E-state index contributed by atoms with van der Waals surface area (Å²) in [5.74, 6) is -1.37. The fraction of sp³-hybridized carbons (Fsp3) is 0.750. The molecule has 1 aliphatic rings. The third-order valence-electron chi connectivity index (χ3n) is 2.25. The minimum Gasteiger partial charge on any atom is -0.479 e. The first kappa shape index (κ1) is 9.96. The van der Waals surface area contributed by atoms with Crippen molar-refractivity contribution in [1.29, 1.82) is 5.26 Å². The Kier molecular flexibility index (Phi) is 2.86. The van der Waals surface area contributed by atoms with Crippen molar-refractivity contribution in [2.24, 2.45) is 5.41 Å². The van der Waals surface area contributed by atoms with Crippen molar-refractivity contribution in [3.8, 4) is 6.07 Å². The zero-order valence-electron chi connectivity index (χ0n) is 7.06. The van der Waals surface area contributed by atoms with Gasteiger partial charge in [-0.25, -0.2) is 4.79 Å². The number of hydrogen-bond donors (Lipinski definition) is 2. The molecule has 1 heterocycles. The van der Waals surface area contributed by atoms with Gasteiger partial charge in [-0.1, -0.05) is 0 Å². The summed E-state index contributed by atoms with van der Waals surface area (Å²) in [5, 5.41) is 26.7. The van der Waals surface area contributed by atoms with Crippen LogP contribution in [-0.2, 0) is 9.53 Å². The van der Waals surface area contributed by atoms with Crippen molar-refractivity contribution in [2.75, 3.05) is 13.2 Å². The number of carboxylic acids is 1. The van der Waals surface area contributed by atoms with Gasteiger partial charge in [0.25, 0.3) is 0 Å². The molecule has 0 aliphatic carbocycles. The molecule has 0 spiro atoms. The van der Waals surface area contributed by atoms with Gasteiger partial charge in [0.1, 0.15) is 5.41 Å². The summed E-state index contributed by atoms with van der Waals surface area (Å²) in [7, 11) is 0. The number of aliphatic carboxylic acids is 1. The van der Waals surface area contributed by atoms with Gasteiger partial charge in [-0.3, -0.25) is 0 Å². The maximum absolute atomic E-state index is 10.5. The Morgan fingerprint density at radius 2 is 2.38 bits per heavy atom. The largest absolute Gasteiger partial charge is 0.479 e. The Bertz CT molecular complexity index is 239. The van der Waals surface area contributed by atoms with Crippen LogP contribution in [0.3, 0.4) is 0 Å². The fourth-order valence-electron chi connectivity index (χ4n) is 1.42. The van der Waals surface area contributed by atoms with Crippen LogP contribution in [0.2, 0.25) is 0 Å². The Labute approximate surface area is 75.5 Å². The summed E-state index contributed by atoms with van der Waals surface area (Å²) in [6.07, 6.45) is -0.674. The van der Waals surface area contributed by atoms with Crippen molar-refractivity contribution in [3.63, 3.8) is 0 Å². The molecule has 5 heteroatoms. The predicted octanol–water partition coefficient (Wildman–Crippen LogP) is -0.248. The first-order chi connectivity index (χ1) is 6.12. The maximum Gasteiger partial charge on any atom is 0.334 e. The number of rotatable bonds is 2. The molecular weight excluding hydrogens is 174 g/mol. The molecule has 2 atom stereocenters. The summed E-state index contributed by atoms with van der Waals surface area (Å²) in [6, 6.07) is 1.84. The molecule has 0 bridgehead atoms. The highest BCUT2D eigenvalue weighted by Gasteiger charge is 2.44.